The van der Waals surface area contributed by atoms with Crippen LogP contribution < -0.4 is 11.1 Å². The van der Waals surface area contributed by atoms with Crippen LogP contribution in [0.5, 0.6) is 0 Å². The number of aliphatic carboxylic acids is 1. The van der Waals surface area contributed by atoms with Crippen molar-refractivity contribution in [3.63, 3.8) is 0 Å². The zero-order chi connectivity index (χ0) is 15.2. The summed E-state index contributed by atoms with van der Waals surface area (Å²) in [5, 5.41) is 11.7. The van der Waals surface area contributed by atoms with Crippen molar-refractivity contribution in [2.45, 2.75) is 18.9 Å². The molecule has 0 saturated heterocycles. The Kier molecular flexibility index (Phi) is 4.55. The lowest BCUT2D eigenvalue weighted by Gasteiger charge is -2.13. The van der Waals surface area contributed by atoms with Crippen LogP contribution in [0, 0.1) is 0 Å². The van der Waals surface area contributed by atoms with Gasteiger partial charge in [-0.2, -0.15) is 0 Å². The molecule has 0 aliphatic rings. The Morgan fingerprint density at radius 3 is 2.62 bits per heavy atom. The predicted molar refractivity (Wildman–Crippen MR) is 76.4 cm³/mol. The smallest absolute Gasteiger partial charge is 0.326 e. The first-order valence-corrected chi connectivity index (χ1v) is 6.38. The Bertz CT molecular complexity index is 608. The maximum absolute atomic E-state index is 11.9. The lowest BCUT2D eigenvalue weighted by molar-refractivity contribution is -0.141. The van der Waals surface area contributed by atoms with Gasteiger partial charge in [-0.05, 0) is 17.7 Å². The molecule has 0 fully saturated rings. The molecule has 1 aromatic heterocycles. The fraction of sp³-hybridized carbons (Fsp3) is 0.214. The molecule has 5 N–H and O–H groups in total. The number of carboxylic acids is 1. The van der Waals surface area contributed by atoms with Crippen molar-refractivity contribution in [1.82, 2.24) is 15.3 Å². The molecule has 0 aliphatic heterocycles. The third-order valence-corrected chi connectivity index (χ3v) is 2.96. The molecule has 1 atom stereocenters. The minimum atomic E-state index is -1.09. The summed E-state index contributed by atoms with van der Waals surface area (Å²) in [7, 11) is 0. The summed E-state index contributed by atoms with van der Waals surface area (Å²) in [6, 6.07) is 5.87. The number of carbonyl (C=O) groups excluding carboxylic acids is 1. The van der Waals surface area contributed by atoms with Crippen LogP contribution >= 0.6 is 0 Å². The van der Waals surface area contributed by atoms with Crippen molar-refractivity contribution in [2.24, 2.45) is 0 Å². The summed E-state index contributed by atoms with van der Waals surface area (Å²) >= 11 is 0. The van der Waals surface area contributed by atoms with Gasteiger partial charge in [0, 0.05) is 24.0 Å². The lowest BCUT2D eigenvalue weighted by Crippen LogP contribution is -2.43. The fourth-order valence-electron chi connectivity index (χ4n) is 1.88. The van der Waals surface area contributed by atoms with Gasteiger partial charge in [0.15, 0.2) is 0 Å². The Morgan fingerprint density at radius 2 is 2.05 bits per heavy atom. The van der Waals surface area contributed by atoms with Gasteiger partial charge in [-0.3, -0.25) is 4.79 Å². The van der Waals surface area contributed by atoms with Gasteiger partial charge in [0.2, 0.25) is 5.91 Å². The van der Waals surface area contributed by atoms with Crippen LogP contribution in [0.25, 0.3) is 0 Å². The van der Waals surface area contributed by atoms with E-state index in [9.17, 15) is 9.59 Å². The monoisotopic (exact) mass is 288 g/mol. The molecule has 1 aromatic carbocycles. The van der Waals surface area contributed by atoms with Crippen LogP contribution in [0.2, 0.25) is 0 Å². The maximum Gasteiger partial charge on any atom is 0.326 e. The van der Waals surface area contributed by atoms with Crippen molar-refractivity contribution >= 4 is 17.6 Å². The van der Waals surface area contributed by atoms with E-state index in [1.165, 1.54) is 12.5 Å². The summed E-state index contributed by atoms with van der Waals surface area (Å²) in [4.78, 5) is 29.7. The van der Waals surface area contributed by atoms with E-state index in [1.54, 1.807) is 24.3 Å². The van der Waals surface area contributed by atoms with Crippen LogP contribution in [0.3, 0.4) is 0 Å². The molecule has 0 saturated carbocycles. The topological polar surface area (TPSA) is 121 Å². The normalized spacial score (nSPS) is 11.8. The lowest BCUT2D eigenvalue weighted by atomic mass is 10.1. The minimum absolute atomic E-state index is 0.104. The van der Waals surface area contributed by atoms with Crippen molar-refractivity contribution in [3.05, 3.63) is 48.0 Å². The number of nitrogens with one attached hydrogen (secondary N) is 2. The molecule has 110 valence electrons. The number of hydrogen-bond donors (Lipinski definition) is 4. The average Bonchev–Trinajstić information content (AvgIpc) is 2.93. The molecule has 1 amide bonds. The second kappa shape index (κ2) is 6.56. The number of aromatic amines is 1. The maximum atomic E-state index is 11.9. The number of amides is 1. The molecule has 1 unspecified atom stereocenters. The Labute approximate surface area is 121 Å². The highest BCUT2D eigenvalue weighted by atomic mass is 16.4. The fourth-order valence-corrected chi connectivity index (χ4v) is 1.88. The van der Waals surface area contributed by atoms with Gasteiger partial charge >= 0.3 is 5.97 Å². The van der Waals surface area contributed by atoms with Crippen LogP contribution in [-0.2, 0) is 22.4 Å². The van der Waals surface area contributed by atoms with Gasteiger partial charge in [-0.1, -0.05) is 12.1 Å². The summed E-state index contributed by atoms with van der Waals surface area (Å²) in [5.41, 5.74) is 7.60. The Hall–Kier alpha value is -2.83. The summed E-state index contributed by atoms with van der Waals surface area (Å²) in [6.07, 6.45) is 3.25. The molecule has 2 aromatic rings. The van der Waals surface area contributed by atoms with E-state index in [0.717, 1.165) is 5.56 Å². The number of hydrogen-bond acceptors (Lipinski definition) is 4. The molecule has 2 rings (SSSR count). The molecule has 1 heterocycles. The number of nitrogen functional groups attached to an aromatic ring is 1. The summed E-state index contributed by atoms with van der Waals surface area (Å²) in [6.45, 7) is 0. The van der Waals surface area contributed by atoms with E-state index in [2.05, 4.69) is 15.3 Å². The molecule has 0 bridgehead atoms. The number of benzene rings is 1. The van der Waals surface area contributed by atoms with Gasteiger partial charge in [0.1, 0.15) is 6.04 Å². The van der Waals surface area contributed by atoms with Gasteiger partial charge in [0.25, 0.3) is 0 Å². The molecular formula is C14H16N4O3. The number of rotatable bonds is 6. The number of imidazole rings is 1. The number of aromatic nitrogens is 2. The SMILES string of the molecule is Nc1ccc(CC(=O)NC(Cc2cnc[nH]2)C(=O)O)cc1. The predicted octanol–water partition coefficient (Wildman–Crippen LogP) is 0.346. The minimum Gasteiger partial charge on any atom is -0.480 e. The highest BCUT2D eigenvalue weighted by Crippen LogP contribution is 2.06. The second-order valence-electron chi connectivity index (χ2n) is 4.66. The number of carbonyl (C=O) groups is 2. The molecule has 7 heteroatoms. The highest BCUT2D eigenvalue weighted by molar-refractivity contribution is 5.85. The van der Waals surface area contributed by atoms with Crippen LogP contribution in [0.1, 0.15) is 11.3 Å². The molecule has 7 nitrogen and oxygen atoms in total. The van der Waals surface area contributed by atoms with Gasteiger partial charge in [-0.25, -0.2) is 9.78 Å². The molecular weight excluding hydrogens is 272 g/mol. The molecule has 0 spiro atoms. The van der Waals surface area contributed by atoms with Crippen molar-refractivity contribution < 1.29 is 14.7 Å². The van der Waals surface area contributed by atoms with E-state index in [-0.39, 0.29) is 18.7 Å². The number of H-pyrrole nitrogens is 1. The highest BCUT2D eigenvalue weighted by Gasteiger charge is 2.21. The molecule has 0 aliphatic carbocycles. The third kappa shape index (κ3) is 4.34. The van der Waals surface area contributed by atoms with Gasteiger partial charge < -0.3 is 21.1 Å². The largest absolute Gasteiger partial charge is 0.480 e. The van der Waals surface area contributed by atoms with Crippen LogP contribution in [-0.4, -0.2) is 33.0 Å². The number of nitrogens with two attached hydrogens (primary N) is 1. The van der Waals surface area contributed by atoms with Crippen LogP contribution in [0.4, 0.5) is 5.69 Å². The first kappa shape index (κ1) is 14.6. The van der Waals surface area contributed by atoms with E-state index in [4.69, 9.17) is 10.8 Å². The van der Waals surface area contributed by atoms with Gasteiger partial charge in [-0.15, -0.1) is 0 Å². The molecule has 21 heavy (non-hydrogen) atoms. The standard InChI is InChI=1S/C14H16N4O3/c15-10-3-1-9(2-4-10)5-13(19)18-12(14(20)21)6-11-7-16-8-17-11/h1-4,7-8,12H,5-6,15H2,(H,16,17)(H,18,19)(H,20,21). The zero-order valence-corrected chi connectivity index (χ0v) is 11.2. The van der Waals surface area contributed by atoms with Crippen molar-refractivity contribution in [2.75, 3.05) is 5.73 Å². The number of carboxylic acid groups (broad SMARTS) is 1. The van der Waals surface area contributed by atoms with Crippen LogP contribution in [0.15, 0.2) is 36.8 Å². The van der Waals surface area contributed by atoms with E-state index in [1.807, 2.05) is 0 Å². The zero-order valence-electron chi connectivity index (χ0n) is 11.2. The Balaban J connectivity index is 1.95. The van der Waals surface area contributed by atoms with E-state index in [0.29, 0.717) is 11.4 Å². The van der Waals surface area contributed by atoms with Gasteiger partial charge in [0.05, 0.1) is 12.7 Å². The number of anilines is 1. The van der Waals surface area contributed by atoms with E-state index >= 15 is 0 Å². The molecule has 0 radical (unpaired) electrons. The summed E-state index contributed by atoms with van der Waals surface area (Å²) in [5.74, 6) is -1.44. The quantitative estimate of drug-likeness (QED) is 0.571. The van der Waals surface area contributed by atoms with Crippen molar-refractivity contribution in [3.8, 4) is 0 Å². The average molecular weight is 288 g/mol. The van der Waals surface area contributed by atoms with Crippen molar-refractivity contribution in [1.29, 1.82) is 0 Å². The Morgan fingerprint density at radius 1 is 1.33 bits per heavy atom. The first-order chi connectivity index (χ1) is 10.0. The summed E-state index contributed by atoms with van der Waals surface area (Å²) < 4.78 is 0. The second-order valence-corrected chi connectivity index (χ2v) is 4.66. The van der Waals surface area contributed by atoms with E-state index < -0.39 is 12.0 Å². The third-order valence-electron chi connectivity index (χ3n) is 2.96. The number of nitrogens with zero attached hydrogens (tertiary/aromatic N) is 1. The first-order valence-electron chi connectivity index (χ1n) is 6.38.